The average Bonchev–Trinajstić information content (AvgIpc) is 3.54. The van der Waals surface area contributed by atoms with Gasteiger partial charge >= 0.3 is 0 Å². The van der Waals surface area contributed by atoms with Crippen LogP contribution in [0.2, 0.25) is 0 Å². The van der Waals surface area contributed by atoms with E-state index < -0.39 is 0 Å². The molecule has 29 heavy (non-hydrogen) atoms. The van der Waals surface area contributed by atoms with Crippen LogP contribution in [0.15, 0.2) is 41.5 Å². The van der Waals surface area contributed by atoms with Crippen LogP contribution in [-0.2, 0) is 24.2 Å². The Morgan fingerprint density at radius 2 is 1.97 bits per heavy atom. The molecule has 2 aromatic heterocycles. The van der Waals surface area contributed by atoms with E-state index in [-0.39, 0.29) is 24.1 Å². The Balaban J connectivity index is 1.40. The van der Waals surface area contributed by atoms with E-state index in [1.165, 1.54) is 34.2 Å². The zero-order valence-corrected chi connectivity index (χ0v) is 17.2. The van der Waals surface area contributed by atoms with Crippen molar-refractivity contribution in [2.75, 3.05) is 0 Å². The average molecular weight is 408 g/mol. The molecule has 1 unspecified atom stereocenters. The van der Waals surface area contributed by atoms with E-state index >= 15 is 0 Å². The number of benzene rings is 1. The van der Waals surface area contributed by atoms with E-state index in [0.717, 1.165) is 47.9 Å². The number of hydrogen-bond donors (Lipinski definition) is 1. The molecule has 5 rings (SSSR count). The maximum atomic E-state index is 13.2. The lowest BCUT2D eigenvalue weighted by Crippen LogP contribution is -2.35. The number of thiophene rings is 1. The number of nitrogens with zero attached hydrogens (tertiary/aromatic N) is 2. The van der Waals surface area contributed by atoms with Crippen LogP contribution in [0.3, 0.4) is 0 Å². The van der Waals surface area contributed by atoms with Gasteiger partial charge in [0.15, 0.2) is 0 Å². The minimum atomic E-state index is -0.129. The molecule has 0 radical (unpaired) electrons. The highest BCUT2D eigenvalue weighted by molar-refractivity contribution is 7.18. The van der Waals surface area contributed by atoms with Crippen LogP contribution in [0.4, 0.5) is 0 Å². The molecule has 3 aromatic rings. The third kappa shape index (κ3) is 3.73. The van der Waals surface area contributed by atoms with Gasteiger partial charge < -0.3 is 5.32 Å². The summed E-state index contributed by atoms with van der Waals surface area (Å²) in [5, 5.41) is 3.90. The van der Waals surface area contributed by atoms with E-state index in [1.807, 2.05) is 18.2 Å². The molecule has 1 aromatic carbocycles. The molecule has 1 N–H and O–H groups in total. The summed E-state index contributed by atoms with van der Waals surface area (Å²) >= 11 is 1.65. The Kier molecular flexibility index (Phi) is 4.96. The second kappa shape index (κ2) is 7.75. The topological polar surface area (TPSA) is 64.0 Å². The molecule has 0 aliphatic heterocycles. The molecule has 6 heteroatoms. The molecule has 0 saturated heterocycles. The minimum absolute atomic E-state index is 0.0163. The number of hydrogen-bond acceptors (Lipinski definition) is 4. The van der Waals surface area contributed by atoms with Gasteiger partial charge in [0.2, 0.25) is 5.91 Å². The summed E-state index contributed by atoms with van der Waals surface area (Å²) in [6.45, 7) is 0.0163. The van der Waals surface area contributed by atoms with Gasteiger partial charge in [-0.05, 0) is 55.6 Å². The molecule has 1 atom stereocenters. The summed E-state index contributed by atoms with van der Waals surface area (Å²) in [6.07, 6.45) is 9.29. The van der Waals surface area contributed by atoms with E-state index in [2.05, 4.69) is 22.4 Å². The van der Waals surface area contributed by atoms with Crippen LogP contribution in [-0.4, -0.2) is 15.5 Å². The molecule has 1 saturated carbocycles. The van der Waals surface area contributed by atoms with Crippen LogP contribution in [0, 0.1) is 5.92 Å². The fourth-order valence-electron chi connectivity index (χ4n) is 4.41. The summed E-state index contributed by atoms with van der Waals surface area (Å²) in [5.74, 6) is 0.363. The number of aryl methyl sites for hydroxylation is 2. The second-order valence-corrected chi connectivity index (χ2v) is 9.30. The number of rotatable bonds is 5. The maximum Gasteiger partial charge on any atom is 0.262 e. The number of fused-ring (bicyclic) bond motifs is 3. The molecule has 150 valence electrons. The quantitative estimate of drug-likeness (QED) is 0.651. The zero-order chi connectivity index (χ0) is 19.8. The second-order valence-electron chi connectivity index (χ2n) is 8.22. The van der Waals surface area contributed by atoms with Crippen LogP contribution < -0.4 is 10.9 Å². The van der Waals surface area contributed by atoms with Crippen molar-refractivity contribution in [3.63, 3.8) is 0 Å². The highest BCUT2D eigenvalue weighted by Crippen LogP contribution is 2.41. The van der Waals surface area contributed by atoms with Gasteiger partial charge in [0.1, 0.15) is 11.4 Å². The van der Waals surface area contributed by atoms with E-state index in [1.54, 1.807) is 11.3 Å². The van der Waals surface area contributed by atoms with Crippen molar-refractivity contribution in [3.05, 3.63) is 63.0 Å². The Morgan fingerprint density at radius 3 is 2.76 bits per heavy atom. The highest BCUT2D eigenvalue weighted by atomic mass is 32.1. The van der Waals surface area contributed by atoms with Crippen molar-refractivity contribution in [1.82, 2.24) is 14.9 Å². The first kappa shape index (κ1) is 18.6. The number of nitrogens with one attached hydrogen (secondary N) is 1. The van der Waals surface area contributed by atoms with Gasteiger partial charge in [-0.15, -0.1) is 11.3 Å². The SMILES string of the molecule is O=C(Cn1cnc2sc3c(c2c1=O)CCCCC3)NC(c1ccccc1)C1CC1. The molecule has 5 nitrogen and oxygen atoms in total. The Bertz CT molecular complexity index is 1100. The molecule has 2 aliphatic carbocycles. The molecular formula is C23H25N3O2S. The van der Waals surface area contributed by atoms with Gasteiger partial charge in [0.25, 0.3) is 5.56 Å². The molecule has 2 heterocycles. The number of amides is 1. The molecule has 0 bridgehead atoms. The predicted octanol–water partition coefficient (Wildman–Crippen LogP) is 3.99. The number of aromatic nitrogens is 2. The van der Waals surface area contributed by atoms with Gasteiger partial charge in [-0.3, -0.25) is 14.2 Å². The lowest BCUT2D eigenvalue weighted by molar-refractivity contribution is -0.122. The third-order valence-electron chi connectivity index (χ3n) is 6.07. The van der Waals surface area contributed by atoms with Gasteiger partial charge in [0.05, 0.1) is 17.8 Å². The monoisotopic (exact) mass is 407 g/mol. The largest absolute Gasteiger partial charge is 0.347 e. The normalized spacial score (nSPS) is 17.5. The first-order valence-electron chi connectivity index (χ1n) is 10.5. The fraction of sp³-hybridized carbons (Fsp3) is 0.435. The van der Waals surface area contributed by atoms with Gasteiger partial charge in [0, 0.05) is 4.88 Å². The predicted molar refractivity (Wildman–Crippen MR) is 115 cm³/mol. The van der Waals surface area contributed by atoms with Crippen LogP contribution in [0.25, 0.3) is 10.2 Å². The first-order chi connectivity index (χ1) is 14.2. The zero-order valence-electron chi connectivity index (χ0n) is 16.4. The highest BCUT2D eigenvalue weighted by Gasteiger charge is 2.33. The van der Waals surface area contributed by atoms with Gasteiger partial charge in [-0.1, -0.05) is 36.8 Å². The minimum Gasteiger partial charge on any atom is -0.347 e. The molecule has 1 fully saturated rings. The van der Waals surface area contributed by atoms with E-state index in [9.17, 15) is 9.59 Å². The van der Waals surface area contributed by atoms with Crippen molar-refractivity contribution < 1.29 is 4.79 Å². The van der Waals surface area contributed by atoms with Crippen LogP contribution in [0.1, 0.15) is 54.1 Å². The van der Waals surface area contributed by atoms with Gasteiger partial charge in [-0.25, -0.2) is 4.98 Å². The number of carbonyl (C=O) groups excluding carboxylic acids is 1. The lowest BCUT2D eigenvalue weighted by atomic mass is 10.0. The van der Waals surface area contributed by atoms with Crippen molar-refractivity contribution in [2.24, 2.45) is 5.92 Å². The van der Waals surface area contributed by atoms with Crippen LogP contribution in [0.5, 0.6) is 0 Å². The standard InChI is InChI=1S/C23H25N3O2S/c27-19(25-21(16-11-12-16)15-7-3-1-4-8-15)13-26-14-24-22-20(23(26)28)17-9-5-2-6-10-18(17)29-22/h1,3-4,7-8,14,16,21H,2,5-6,9-13H2,(H,25,27). The summed E-state index contributed by atoms with van der Waals surface area (Å²) in [5.41, 5.74) is 2.23. The maximum absolute atomic E-state index is 13.2. The van der Waals surface area contributed by atoms with Crippen molar-refractivity contribution in [3.8, 4) is 0 Å². The van der Waals surface area contributed by atoms with E-state index in [0.29, 0.717) is 5.92 Å². The summed E-state index contributed by atoms with van der Waals surface area (Å²) in [7, 11) is 0. The Hall–Kier alpha value is -2.47. The fourth-order valence-corrected chi connectivity index (χ4v) is 5.63. The summed E-state index contributed by atoms with van der Waals surface area (Å²) < 4.78 is 1.48. The Labute approximate surface area is 173 Å². The number of carbonyl (C=O) groups is 1. The molecule has 2 aliphatic rings. The third-order valence-corrected chi connectivity index (χ3v) is 7.27. The smallest absolute Gasteiger partial charge is 0.262 e. The molecule has 0 spiro atoms. The summed E-state index contributed by atoms with van der Waals surface area (Å²) in [4.78, 5) is 32.6. The van der Waals surface area contributed by atoms with Crippen molar-refractivity contribution in [2.45, 2.75) is 57.5 Å². The van der Waals surface area contributed by atoms with Crippen LogP contribution >= 0.6 is 11.3 Å². The van der Waals surface area contributed by atoms with Gasteiger partial charge in [-0.2, -0.15) is 0 Å². The van der Waals surface area contributed by atoms with E-state index in [4.69, 9.17) is 0 Å². The van der Waals surface area contributed by atoms with Crippen molar-refractivity contribution in [1.29, 1.82) is 0 Å². The molecular weight excluding hydrogens is 382 g/mol. The first-order valence-corrected chi connectivity index (χ1v) is 11.4. The van der Waals surface area contributed by atoms with Crippen molar-refractivity contribution >= 4 is 27.5 Å². The Morgan fingerprint density at radius 1 is 1.17 bits per heavy atom. The summed E-state index contributed by atoms with van der Waals surface area (Å²) in [6, 6.07) is 10.1. The lowest BCUT2D eigenvalue weighted by Gasteiger charge is -2.19. The molecule has 1 amide bonds.